The molecule has 94 valence electrons. The summed E-state index contributed by atoms with van der Waals surface area (Å²) >= 11 is 0. The molecule has 4 nitrogen and oxygen atoms in total. The van der Waals surface area contributed by atoms with Crippen molar-refractivity contribution in [3.63, 3.8) is 0 Å². The lowest BCUT2D eigenvalue weighted by Gasteiger charge is -2.26. The molecule has 0 unspecified atom stereocenters. The van der Waals surface area contributed by atoms with Crippen LogP contribution in [0.1, 0.15) is 25.0 Å². The van der Waals surface area contributed by atoms with Gasteiger partial charge >= 0.3 is 0 Å². The topological polar surface area (TPSA) is 54.2 Å². The maximum atomic E-state index is 5.74. The molecule has 0 saturated carbocycles. The second-order valence-electron chi connectivity index (χ2n) is 4.70. The average molecular weight is 234 g/mol. The third kappa shape index (κ3) is 3.60. The molecule has 2 rings (SSSR count). The van der Waals surface area contributed by atoms with Crippen LogP contribution in [-0.4, -0.2) is 36.1 Å². The van der Waals surface area contributed by atoms with Crippen LogP contribution >= 0.6 is 0 Å². The minimum atomic E-state index is 0.756. The molecular formula is C13H22N4. The Morgan fingerprint density at radius 1 is 1.29 bits per heavy atom. The molecule has 1 fully saturated rings. The predicted molar refractivity (Wildman–Crippen MR) is 72.2 cm³/mol. The molecule has 2 heterocycles. The highest BCUT2D eigenvalue weighted by Gasteiger charge is 2.08. The molecular weight excluding hydrogens is 212 g/mol. The van der Waals surface area contributed by atoms with Crippen molar-refractivity contribution >= 4 is 11.5 Å². The summed E-state index contributed by atoms with van der Waals surface area (Å²) in [7, 11) is 0. The van der Waals surface area contributed by atoms with Crippen molar-refractivity contribution in [1.82, 2.24) is 9.88 Å². The highest BCUT2D eigenvalue weighted by atomic mass is 15.1. The van der Waals surface area contributed by atoms with E-state index in [1.165, 1.54) is 32.4 Å². The number of nitrogens with zero attached hydrogens (tertiary/aromatic N) is 2. The second kappa shape index (κ2) is 5.87. The standard InChI is InChI=1S/C13H22N4/c1-11-12(14)5-6-13(16-11)15-7-10-17-8-3-2-4-9-17/h5-6H,2-4,7-10,14H2,1H3,(H,15,16). The van der Waals surface area contributed by atoms with Gasteiger partial charge in [0.1, 0.15) is 5.82 Å². The third-order valence-electron chi connectivity index (χ3n) is 3.31. The molecule has 0 aromatic carbocycles. The van der Waals surface area contributed by atoms with Crippen molar-refractivity contribution in [3.05, 3.63) is 17.8 Å². The number of aryl methyl sites for hydroxylation is 1. The quantitative estimate of drug-likeness (QED) is 0.835. The smallest absolute Gasteiger partial charge is 0.126 e. The lowest BCUT2D eigenvalue weighted by atomic mass is 10.1. The van der Waals surface area contributed by atoms with Crippen molar-refractivity contribution in [2.75, 3.05) is 37.2 Å². The van der Waals surface area contributed by atoms with Gasteiger partial charge < -0.3 is 16.0 Å². The summed E-state index contributed by atoms with van der Waals surface area (Å²) in [5.74, 6) is 0.925. The Labute approximate surface area is 103 Å². The van der Waals surface area contributed by atoms with E-state index in [1.807, 2.05) is 19.1 Å². The Morgan fingerprint density at radius 3 is 2.76 bits per heavy atom. The molecule has 1 aliphatic heterocycles. The van der Waals surface area contributed by atoms with Crippen LogP contribution in [0.25, 0.3) is 0 Å². The average Bonchev–Trinajstić information content (AvgIpc) is 2.35. The Morgan fingerprint density at radius 2 is 2.06 bits per heavy atom. The molecule has 0 amide bonds. The minimum Gasteiger partial charge on any atom is -0.397 e. The molecule has 0 spiro atoms. The SMILES string of the molecule is Cc1nc(NCCN2CCCCC2)ccc1N. The number of piperidine rings is 1. The summed E-state index contributed by atoms with van der Waals surface area (Å²) in [4.78, 5) is 6.92. The van der Waals surface area contributed by atoms with Gasteiger partial charge in [-0.1, -0.05) is 6.42 Å². The highest BCUT2D eigenvalue weighted by molar-refractivity contribution is 5.48. The summed E-state index contributed by atoms with van der Waals surface area (Å²) in [6.45, 7) is 6.48. The van der Waals surface area contributed by atoms with E-state index in [4.69, 9.17) is 5.73 Å². The fourth-order valence-corrected chi connectivity index (χ4v) is 2.20. The van der Waals surface area contributed by atoms with E-state index < -0.39 is 0 Å². The van der Waals surface area contributed by atoms with Crippen molar-refractivity contribution in [2.45, 2.75) is 26.2 Å². The predicted octanol–water partition coefficient (Wildman–Crippen LogP) is 1.87. The third-order valence-corrected chi connectivity index (χ3v) is 3.31. The van der Waals surface area contributed by atoms with E-state index in [1.54, 1.807) is 0 Å². The first-order valence-corrected chi connectivity index (χ1v) is 6.45. The molecule has 1 aromatic rings. The van der Waals surface area contributed by atoms with Crippen molar-refractivity contribution in [1.29, 1.82) is 0 Å². The number of hydrogen-bond donors (Lipinski definition) is 2. The molecule has 1 aromatic heterocycles. The van der Waals surface area contributed by atoms with Gasteiger partial charge in [-0.2, -0.15) is 0 Å². The maximum Gasteiger partial charge on any atom is 0.126 e. The van der Waals surface area contributed by atoms with Crippen LogP contribution in [0.2, 0.25) is 0 Å². The zero-order valence-corrected chi connectivity index (χ0v) is 10.6. The Kier molecular flexibility index (Phi) is 4.20. The first-order chi connectivity index (χ1) is 8.25. The monoisotopic (exact) mass is 234 g/mol. The number of nitrogens with one attached hydrogen (secondary N) is 1. The number of likely N-dealkylation sites (tertiary alicyclic amines) is 1. The van der Waals surface area contributed by atoms with Gasteiger partial charge in [0.25, 0.3) is 0 Å². The number of anilines is 2. The number of nitrogens with two attached hydrogens (primary N) is 1. The van der Waals surface area contributed by atoms with Crippen LogP contribution in [0.3, 0.4) is 0 Å². The normalized spacial score (nSPS) is 17.0. The molecule has 17 heavy (non-hydrogen) atoms. The number of aromatic nitrogens is 1. The summed E-state index contributed by atoms with van der Waals surface area (Å²) < 4.78 is 0. The first kappa shape index (κ1) is 12.2. The zero-order chi connectivity index (χ0) is 12.1. The number of nitrogen functional groups attached to an aromatic ring is 1. The van der Waals surface area contributed by atoms with Gasteiger partial charge in [-0.05, 0) is 45.0 Å². The second-order valence-corrected chi connectivity index (χ2v) is 4.70. The fraction of sp³-hybridized carbons (Fsp3) is 0.615. The fourth-order valence-electron chi connectivity index (χ4n) is 2.20. The van der Waals surface area contributed by atoms with Crippen LogP contribution in [0.5, 0.6) is 0 Å². The lowest BCUT2D eigenvalue weighted by Crippen LogP contribution is -2.33. The van der Waals surface area contributed by atoms with E-state index in [-0.39, 0.29) is 0 Å². The van der Waals surface area contributed by atoms with E-state index in [2.05, 4.69) is 15.2 Å². The molecule has 0 bridgehead atoms. The van der Waals surface area contributed by atoms with Crippen molar-refractivity contribution < 1.29 is 0 Å². The van der Waals surface area contributed by atoms with Gasteiger partial charge in [-0.15, -0.1) is 0 Å². The Bertz CT molecular complexity index is 358. The van der Waals surface area contributed by atoms with Crippen LogP contribution < -0.4 is 11.1 Å². The van der Waals surface area contributed by atoms with Crippen molar-refractivity contribution in [2.24, 2.45) is 0 Å². The molecule has 1 saturated heterocycles. The highest BCUT2D eigenvalue weighted by Crippen LogP contribution is 2.12. The van der Waals surface area contributed by atoms with Crippen LogP contribution in [0, 0.1) is 6.92 Å². The minimum absolute atomic E-state index is 0.756. The molecule has 1 aliphatic rings. The van der Waals surface area contributed by atoms with Crippen LogP contribution in [0.15, 0.2) is 12.1 Å². The number of hydrogen-bond acceptors (Lipinski definition) is 4. The summed E-state index contributed by atoms with van der Waals surface area (Å²) in [6, 6.07) is 3.85. The van der Waals surface area contributed by atoms with Gasteiger partial charge in [0, 0.05) is 13.1 Å². The number of pyridine rings is 1. The summed E-state index contributed by atoms with van der Waals surface area (Å²) in [6.07, 6.45) is 4.08. The van der Waals surface area contributed by atoms with E-state index in [0.717, 1.165) is 30.3 Å². The summed E-state index contributed by atoms with van der Waals surface area (Å²) in [5.41, 5.74) is 7.39. The molecule has 0 aliphatic carbocycles. The Hall–Kier alpha value is -1.29. The maximum absolute atomic E-state index is 5.74. The molecule has 3 N–H and O–H groups in total. The van der Waals surface area contributed by atoms with E-state index in [9.17, 15) is 0 Å². The van der Waals surface area contributed by atoms with Crippen LogP contribution in [0.4, 0.5) is 11.5 Å². The molecule has 0 atom stereocenters. The molecule has 4 heteroatoms. The van der Waals surface area contributed by atoms with Gasteiger partial charge in [0.2, 0.25) is 0 Å². The number of rotatable bonds is 4. The molecule has 0 radical (unpaired) electrons. The van der Waals surface area contributed by atoms with Gasteiger partial charge in [-0.25, -0.2) is 4.98 Å². The largest absolute Gasteiger partial charge is 0.397 e. The van der Waals surface area contributed by atoms with Crippen molar-refractivity contribution in [3.8, 4) is 0 Å². The van der Waals surface area contributed by atoms with Gasteiger partial charge in [-0.3, -0.25) is 0 Å². The zero-order valence-electron chi connectivity index (χ0n) is 10.6. The lowest BCUT2D eigenvalue weighted by molar-refractivity contribution is 0.237. The Balaban J connectivity index is 1.75. The van der Waals surface area contributed by atoms with Gasteiger partial charge in [0.05, 0.1) is 11.4 Å². The van der Waals surface area contributed by atoms with Crippen LogP contribution in [-0.2, 0) is 0 Å². The van der Waals surface area contributed by atoms with E-state index in [0.29, 0.717) is 0 Å². The van der Waals surface area contributed by atoms with Gasteiger partial charge in [0.15, 0.2) is 0 Å². The summed E-state index contributed by atoms with van der Waals surface area (Å²) in [5, 5.41) is 3.35. The van der Waals surface area contributed by atoms with E-state index >= 15 is 0 Å². The first-order valence-electron chi connectivity index (χ1n) is 6.45.